The van der Waals surface area contributed by atoms with Crippen LogP contribution < -0.4 is 10.5 Å². The Balaban J connectivity index is 1.78. The van der Waals surface area contributed by atoms with Crippen LogP contribution in [0.3, 0.4) is 0 Å². The van der Waals surface area contributed by atoms with E-state index in [-0.39, 0.29) is 11.7 Å². The molecule has 0 heterocycles. The van der Waals surface area contributed by atoms with Crippen LogP contribution in [0.1, 0.15) is 29.9 Å². The third-order valence-corrected chi connectivity index (χ3v) is 3.61. The fourth-order valence-corrected chi connectivity index (χ4v) is 2.31. The molecule has 0 radical (unpaired) electrons. The molecule has 2 nitrogen and oxygen atoms in total. The fourth-order valence-electron chi connectivity index (χ4n) is 2.31. The van der Waals surface area contributed by atoms with Gasteiger partial charge in [-0.2, -0.15) is 0 Å². The van der Waals surface area contributed by atoms with E-state index in [1.54, 1.807) is 0 Å². The number of hydrogen-bond donors (Lipinski definition) is 1. The number of halogens is 1. The Bertz CT molecular complexity index is 536. The summed E-state index contributed by atoms with van der Waals surface area (Å²) in [6.45, 7) is 3.29. The molecule has 0 aliphatic heterocycles. The lowest BCUT2D eigenvalue weighted by Gasteiger charge is -2.15. The van der Waals surface area contributed by atoms with Crippen molar-refractivity contribution in [2.45, 2.75) is 25.7 Å². The molecule has 0 aromatic heterocycles. The predicted octanol–water partition coefficient (Wildman–Crippen LogP) is 4.04. The normalized spacial score (nSPS) is 12.1. The maximum atomic E-state index is 12.9. The predicted molar refractivity (Wildman–Crippen MR) is 84.1 cm³/mol. The molecule has 1 unspecified atom stereocenters. The van der Waals surface area contributed by atoms with E-state index in [0.717, 1.165) is 24.2 Å². The van der Waals surface area contributed by atoms with Crippen LogP contribution in [0, 0.1) is 12.7 Å². The Morgan fingerprint density at radius 3 is 2.33 bits per heavy atom. The van der Waals surface area contributed by atoms with Crippen LogP contribution in [-0.4, -0.2) is 13.2 Å². The number of benzene rings is 2. The van der Waals surface area contributed by atoms with Gasteiger partial charge in [-0.15, -0.1) is 0 Å². The highest BCUT2D eigenvalue weighted by Gasteiger charge is 2.09. The lowest BCUT2D eigenvalue weighted by atomic mass is 9.94. The highest BCUT2D eigenvalue weighted by Crippen LogP contribution is 2.21. The van der Waals surface area contributed by atoms with Crippen molar-refractivity contribution in [2.75, 3.05) is 13.2 Å². The van der Waals surface area contributed by atoms with Gasteiger partial charge < -0.3 is 10.5 Å². The summed E-state index contributed by atoms with van der Waals surface area (Å²) >= 11 is 0. The minimum absolute atomic E-state index is 0.211. The Labute approximate surface area is 125 Å². The van der Waals surface area contributed by atoms with E-state index in [2.05, 4.69) is 6.92 Å². The smallest absolute Gasteiger partial charge is 0.123 e. The molecule has 0 aliphatic carbocycles. The molecule has 2 aromatic carbocycles. The van der Waals surface area contributed by atoms with Gasteiger partial charge >= 0.3 is 0 Å². The van der Waals surface area contributed by atoms with Crippen molar-refractivity contribution in [3.05, 3.63) is 65.5 Å². The van der Waals surface area contributed by atoms with E-state index in [0.29, 0.717) is 13.2 Å². The summed E-state index contributed by atoms with van der Waals surface area (Å²) in [5, 5.41) is 0. The molecule has 0 aliphatic rings. The first-order valence-electron chi connectivity index (χ1n) is 7.34. The average molecular weight is 287 g/mol. The molecule has 112 valence electrons. The van der Waals surface area contributed by atoms with E-state index < -0.39 is 0 Å². The first-order chi connectivity index (χ1) is 10.2. The molecule has 0 fully saturated rings. The summed E-state index contributed by atoms with van der Waals surface area (Å²) in [7, 11) is 0. The molecule has 0 bridgehead atoms. The van der Waals surface area contributed by atoms with Crippen LogP contribution in [0.25, 0.3) is 0 Å². The van der Waals surface area contributed by atoms with Gasteiger partial charge in [-0.25, -0.2) is 4.39 Å². The van der Waals surface area contributed by atoms with Gasteiger partial charge in [0.05, 0.1) is 6.61 Å². The van der Waals surface area contributed by atoms with Crippen LogP contribution in [0.4, 0.5) is 4.39 Å². The zero-order valence-electron chi connectivity index (χ0n) is 12.4. The van der Waals surface area contributed by atoms with Crippen molar-refractivity contribution in [2.24, 2.45) is 5.73 Å². The Hall–Kier alpha value is -1.87. The van der Waals surface area contributed by atoms with Crippen molar-refractivity contribution in [3.8, 4) is 5.75 Å². The number of nitrogens with two attached hydrogens (primary N) is 1. The Morgan fingerprint density at radius 2 is 1.71 bits per heavy atom. The number of aryl methyl sites for hydroxylation is 1. The second kappa shape index (κ2) is 7.79. The van der Waals surface area contributed by atoms with Crippen molar-refractivity contribution in [3.63, 3.8) is 0 Å². The van der Waals surface area contributed by atoms with Crippen molar-refractivity contribution in [1.82, 2.24) is 0 Å². The zero-order chi connectivity index (χ0) is 15.1. The molecule has 2 aromatic rings. The monoisotopic (exact) mass is 287 g/mol. The Morgan fingerprint density at radius 1 is 1.05 bits per heavy atom. The topological polar surface area (TPSA) is 35.2 Å². The van der Waals surface area contributed by atoms with Gasteiger partial charge in [0.2, 0.25) is 0 Å². The molecular weight excluding hydrogens is 265 g/mol. The molecule has 21 heavy (non-hydrogen) atoms. The summed E-state index contributed by atoms with van der Waals surface area (Å²) in [5.74, 6) is 0.941. The van der Waals surface area contributed by atoms with Crippen molar-refractivity contribution >= 4 is 0 Å². The molecule has 1 atom stereocenters. The zero-order valence-corrected chi connectivity index (χ0v) is 12.4. The summed E-state index contributed by atoms with van der Waals surface area (Å²) in [6.07, 6.45) is 1.86. The van der Waals surface area contributed by atoms with E-state index in [1.807, 2.05) is 36.4 Å². The first-order valence-corrected chi connectivity index (χ1v) is 7.34. The largest absolute Gasteiger partial charge is 0.494 e. The maximum absolute atomic E-state index is 12.9. The summed E-state index contributed by atoms with van der Waals surface area (Å²) in [5.41, 5.74) is 8.13. The molecule has 0 spiro atoms. The highest BCUT2D eigenvalue weighted by molar-refractivity contribution is 5.26. The molecule has 0 amide bonds. The van der Waals surface area contributed by atoms with Crippen LogP contribution in [0.5, 0.6) is 5.75 Å². The number of rotatable bonds is 7. The number of ether oxygens (including phenoxy) is 1. The molecule has 2 rings (SSSR count). The highest BCUT2D eigenvalue weighted by atomic mass is 19.1. The third kappa shape index (κ3) is 4.87. The molecule has 2 N–H and O–H groups in total. The first kappa shape index (κ1) is 15.5. The third-order valence-electron chi connectivity index (χ3n) is 3.61. The van der Waals surface area contributed by atoms with Crippen molar-refractivity contribution < 1.29 is 9.13 Å². The lowest BCUT2D eigenvalue weighted by Crippen LogP contribution is -2.13. The van der Waals surface area contributed by atoms with E-state index in [4.69, 9.17) is 10.5 Å². The van der Waals surface area contributed by atoms with Crippen LogP contribution in [0.15, 0.2) is 48.5 Å². The van der Waals surface area contributed by atoms with Gasteiger partial charge in [-0.1, -0.05) is 29.8 Å². The number of hydrogen-bond acceptors (Lipinski definition) is 2. The van der Waals surface area contributed by atoms with E-state index >= 15 is 0 Å². The minimum Gasteiger partial charge on any atom is -0.494 e. The molecule has 0 saturated carbocycles. The fraction of sp³-hybridized carbons (Fsp3) is 0.333. The minimum atomic E-state index is -0.211. The summed E-state index contributed by atoms with van der Waals surface area (Å²) in [6, 6.07) is 14.6. The van der Waals surface area contributed by atoms with Crippen molar-refractivity contribution in [1.29, 1.82) is 0 Å². The van der Waals surface area contributed by atoms with Gasteiger partial charge in [0.1, 0.15) is 11.6 Å². The lowest BCUT2D eigenvalue weighted by molar-refractivity contribution is 0.301. The van der Waals surface area contributed by atoms with Crippen LogP contribution >= 0.6 is 0 Å². The second-order valence-electron chi connectivity index (χ2n) is 5.29. The van der Waals surface area contributed by atoms with Gasteiger partial charge in [-0.05, 0) is 62.1 Å². The molecule has 0 saturated heterocycles. The Kier molecular flexibility index (Phi) is 5.76. The van der Waals surface area contributed by atoms with E-state index in [1.165, 1.54) is 17.7 Å². The summed E-state index contributed by atoms with van der Waals surface area (Å²) in [4.78, 5) is 0. The van der Waals surface area contributed by atoms with Gasteiger partial charge in [0.15, 0.2) is 0 Å². The van der Waals surface area contributed by atoms with Crippen LogP contribution in [-0.2, 0) is 0 Å². The molecule has 3 heteroatoms. The standard InChI is InChI=1S/C18H22FNO/c1-14-4-10-18(11-5-14)21-12-2-3-16(13-20)15-6-8-17(19)9-7-15/h4-11,16H,2-3,12-13,20H2,1H3. The van der Waals surface area contributed by atoms with Crippen LogP contribution in [0.2, 0.25) is 0 Å². The van der Waals surface area contributed by atoms with Gasteiger partial charge in [0.25, 0.3) is 0 Å². The average Bonchev–Trinajstić information content (AvgIpc) is 2.50. The SMILES string of the molecule is Cc1ccc(OCCCC(CN)c2ccc(F)cc2)cc1. The van der Waals surface area contributed by atoms with E-state index in [9.17, 15) is 4.39 Å². The maximum Gasteiger partial charge on any atom is 0.123 e. The van der Waals surface area contributed by atoms with Gasteiger partial charge in [0, 0.05) is 0 Å². The molecular formula is C18H22FNO. The quantitative estimate of drug-likeness (QED) is 0.780. The summed E-state index contributed by atoms with van der Waals surface area (Å²) < 4.78 is 18.6. The second-order valence-corrected chi connectivity index (χ2v) is 5.29. The van der Waals surface area contributed by atoms with Gasteiger partial charge in [-0.3, -0.25) is 0 Å².